The lowest BCUT2D eigenvalue weighted by Crippen LogP contribution is -2.44. The van der Waals surface area contributed by atoms with Gasteiger partial charge in [0.05, 0.1) is 11.5 Å². The Labute approximate surface area is 85.9 Å². The van der Waals surface area contributed by atoms with Gasteiger partial charge >= 0.3 is 0 Å². The Balaban J connectivity index is 2.06. The van der Waals surface area contributed by atoms with Gasteiger partial charge in [0.1, 0.15) is 0 Å². The Morgan fingerprint density at radius 3 is 2.14 bits per heavy atom. The Kier molecular flexibility index (Phi) is 3.05. The summed E-state index contributed by atoms with van der Waals surface area (Å²) in [4.78, 5) is 0. The lowest BCUT2D eigenvalue weighted by Gasteiger charge is -2.40. The van der Waals surface area contributed by atoms with Crippen molar-refractivity contribution in [2.75, 3.05) is 26.2 Å². The molecule has 78 valence electrons. The van der Waals surface area contributed by atoms with Crippen molar-refractivity contribution in [1.29, 1.82) is 5.26 Å². The molecule has 0 spiro atoms. The molecular formula is C11H19N3. The Morgan fingerprint density at radius 1 is 1.00 bits per heavy atom. The van der Waals surface area contributed by atoms with E-state index in [1.54, 1.807) is 0 Å². The molecule has 2 fully saturated rings. The van der Waals surface area contributed by atoms with Gasteiger partial charge in [-0.05, 0) is 57.8 Å². The predicted octanol–water partition coefficient (Wildman–Crippen LogP) is 0.879. The van der Waals surface area contributed by atoms with Crippen molar-refractivity contribution in [2.45, 2.75) is 25.7 Å². The Morgan fingerprint density at radius 2 is 1.57 bits per heavy atom. The molecule has 0 saturated carbocycles. The van der Waals surface area contributed by atoms with Crippen molar-refractivity contribution in [3.63, 3.8) is 0 Å². The minimum Gasteiger partial charge on any atom is -0.317 e. The molecule has 3 nitrogen and oxygen atoms in total. The second-order valence-corrected chi connectivity index (χ2v) is 4.54. The summed E-state index contributed by atoms with van der Waals surface area (Å²) in [6.45, 7) is 4.25. The first-order valence-electron chi connectivity index (χ1n) is 5.70. The van der Waals surface area contributed by atoms with Gasteiger partial charge in [0.25, 0.3) is 0 Å². The molecule has 2 rings (SSSR count). The van der Waals surface area contributed by atoms with Crippen LogP contribution in [-0.4, -0.2) is 26.2 Å². The molecule has 0 unspecified atom stereocenters. The summed E-state index contributed by atoms with van der Waals surface area (Å²) < 4.78 is 0. The van der Waals surface area contributed by atoms with Crippen molar-refractivity contribution in [2.24, 2.45) is 11.3 Å². The molecule has 0 radical (unpaired) electrons. The third-order valence-corrected chi connectivity index (χ3v) is 3.84. The van der Waals surface area contributed by atoms with E-state index < -0.39 is 0 Å². The molecule has 0 amide bonds. The zero-order valence-corrected chi connectivity index (χ0v) is 8.68. The number of piperidine rings is 2. The molecule has 2 aliphatic heterocycles. The zero-order valence-electron chi connectivity index (χ0n) is 8.68. The summed E-state index contributed by atoms with van der Waals surface area (Å²) in [7, 11) is 0. The molecule has 2 saturated heterocycles. The smallest absolute Gasteiger partial charge is 0.0693 e. The number of hydrogen-bond donors (Lipinski definition) is 2. The van der Waals surface area contributed by atoms with Gasteiger partial charge in [-0.1, -0.05) is 0 Å². The fraction of sp³-hybridized carbons (Fsp3) is 0.909. The molecule has 2 aliphatic rings. The normalized spacial score (nSPS) is 28.2. The maximum atomic E-state index is 9.40. The first-order chi connectivity index (χ1) is 6.87. The fourth-order valence-corrected chi connectivity index (χ4v) is 2.86. The molecule has 14 heavy (non-hydrogen) atoms. The quantitative estimate of drug-likeness (QED) is 0.650. The third-order valence-electron chi connectivity index (χ3n) is 3.84. The minimum atomic E-state index is -0.00660. The van der Waals surface area contributed by atoms with Gasteiger partial charge in [0.2, 0.25) is 0 Å². The van der Waals surface area contributed by atoms with Gasteiger partial charge in [0, 0.05) is 0 Å². The highest BCUT2D eigenvalue weighted by molar-refractivity contribution is 5.06. The highest BCUT2D eigenvalue weighted by Crippen LogP contribution is 2.40. The summed E-state index contributed by atoms with van der Waals surface area (Å²) in [5, 5.41) is 16.1. The van der Waals surface area contributed by atoms with Crippen LogP contribution in [0.2, 0.25) is 0 Å². The van der Waals surface area contributed by atoms with Crippen LogP contribution in [0.4, 0.5) is 0 Å². The lowest BCUT2D eigenvalue weighted by atomic mass is 9.67. The molecule has 2 heterocycles. The minimum absolute atomic E-state index is 0.00660. The van der Waals surface area contributed by atoms with Crippen LogP contribution >= 0.6 is 0 Å². The first-order valence-corrected chi connectivity index (χ1v) is 5.70. The van der Waals surface area contributed by atoms with E-state index in [-0.39, 0.29) is 5.41 Å². The van der Waals surface area contributed by atoms with E-state index in [1.807, 2.05) is 0 Å². The van der Waals surface area contributed by atoms with Gasteiger partial charge in [0.15, 0.2) is 0 Å². The Bertz CT molecular complexity index is 219. The van der Waals surface area contributed by atoms with Gasteiger partial charge in [-0.15, -0.1) is 0 Å². The fourth-order valence-electron chi connectivity index (χ4n) is 2.86. The lowest BCUT2D eigenvalue weighted by molar-refractivity contribution is 0.141. The van der Waals surface area contributed by atoms with E-state index in [9.17, 15) is 5.26 Å². The molecule has 3 heteroatoms. The molecule has 2 N–H and O–H groups in total. The van der Waals surface area contributed by atoms with Crippen LogP contribution in [-0.2, 0) is 0 Å². The first kappa shape index (κ1) is 9.95. The summed E-state index contributed by atoms with van der Waals surface area (Å²) in [6, 6.07) is 2.62. The Hall–Kier alpha value is -0.590. The second kappa shape index (κ2) is 4.29. The number of rotatable bonds is 1. The van der Waals surface area contributed by atoms with Crippen LogP contribution in [0.15, 0.2) is 0 Å². The highest BCUT2D eigenvalue weighted by atomic mass is 14.9. The third kappa shape index (κ3) is 1.77. The molecule has 0 aromatic carbocycles. The van der Waals surface area contributed by atoms with Crippen LogP contribution in [0, 0.1) is 22.7 Å². The average molecular weight is 193 g/mol. The monoisotopic (exact) mass is 193 g/mol. The van der Waals surface area contributed by atoms with Crippen molar-refractivity contribution < 1.29 is 0 Å². The molecule has 0 aromatic rings. The van der Waals surface area contributed by atoms with Crippen LogP contribution < -0.4 is 10.6 Å². The summed E-state index contributed by atoms with van der Waals surface area (Å²) in [6.07, 6.45) is 4.48. The second-order valence-electron chi connectivity index (χ2n) is 4.54. The van der Waals surface area contributed by atoms with Crippen LogP contribution in [0.25, 0.3) is 0 Å². The molecular weight excluding hydrogens is 174 g/mol. The average Bonchev–Trinajstić information content (AvgIpc) is 2.31. The maximum absolute atomic E-state index is 9.40. The standard InChI is InChI=1S/C11H19N3/c12-9-11(3-7-14-8-4-11)10-1-5-13-6-2-10/h10,13-14H,1-8H2. The molecule has 0 atom stereocenters. The molecule has 0 aliphatic carbocycles. The van der Waals surface area contributed by atoms with Crippen molar-refractivity contribution in [3.05, 3.63) is 0 Å². The number of nitrogens with one attached hydrogen (secondary N) is 2. The SMILES string of the molecule is N#CC1(C2CCNCC2)CCNCC1. The summed E-state index contributed by atoms with van der Waals surface area (Å²) >= 11 is 0. The van der Waals surface area contributed by atoms with Crippen LogP contribution in [0.1, 0.15) is 25.7 Å². The summed E-state index contributed by atoms with van der Waals surface area (Å²) in [5.41, 5.74) is -0.00660. The van der Waals surface area contributed by atoms with Gasteiger partial charge in [-0.3, -0.25) is 0 Å². The molecule has 0 bridgehead atoms. The van der Waals surface area contributed by atoms with E-state index in [2.05, 4.69) is 16.7 Å². The van der Waals surface area contributed by atoms with E-state index in [1.165, 1.54) is 12.8 Å². The number of nitrogens with zero attached hydrogens (tertiary/aromatic N) is 1. The van der Waals surface area contributed by atoms with E-state index >= 15 is 0 Å². The van der Waals surface area contributed by atoms with E-state index in [0.717, 1.165) is 39.0 Å². The zero-order chi connectivity index (χ0) is 9.86. The van der Waals surface area contributed by atoms with Crippen molar-refractivity contribution in [1.82, 2.24) is 10.6 Å². The van der Waals surface area contributed by atoms with Crippen LogP contribution in [0.3, 0.4) is 0 Å². The van der Waals surface area contributed by atoms with Gasteiger partial charge < -0.3 is 10.6 Å². The van der Waals surface area contributed by atoms with Gasteiger partial charge in [-0.25, -0.2) is 0 Å². The van der Waals surface area contributed by atoms with E-state index in [0.29, 0.717) is 5.92 Å². The van der Waals surface area contributed by atoms with Crippen LogP contribution in [0.5, 0.6) is 0 Å². The number of nitriles is 1. The largest absolute Gasteiger partial charge is 0.317 e. The maximum Gasteiger partial charge on any atom is 0.0693 e. The highest BCUT2D eigenvalue weighted by Gasteiger charge is 2.40. The van der Waals surface area contributed by atoms with Crippen molar-refractivity contribution >= 4 is 0 Å². The topological polar surface area (TPSA) is 47.9 Å². The number of hydrogen-bond acceptors (Lipinski definition) is 3. The van der Waals surface area contributed by atoms with E-state index in [4.69, 9.17) is 0 Å². The van der Waals surface area contributed by atoms with Crippen molar-refractivity contribution in [3.8, 4) is 6.07 Å². The van der Waals surface area contributed by atoms with Gasteiger partial charge in [-0.2, -0.15) is 5.26 Å². The predicted molar refractivity (Wildman–Crippen MR) is 55.7 cm³/mol. The summed E-state index contributed by atoms with van der Waals surface area (Å²) in [5.74, 6) is 0.635. The molecule has 0 aromatic heterocycles.